The van der Waals surface area contributed by atoms with Crippen LogP contribution in [-0.2, 0) is 4.79 Å². The van der Waals surface area contributed by atoms with Crippen LogP contribution in [0.4, 0.5) is 10.1 Å². The van der Waals surface area contributed by atoms with Crippen molar-refractivity contribution in [1.29, 1.82) is 5.26 Å². The number of hydrogen-bond acceptors (Lipinski definition) is 4. The minimum atomic E-state index is -1.52. The summed E-state index contributed by atoms with van der Waals surface area (Å²) in [6.45, 7) is 0. The number of hydrogen-bond donors (Lipinski definition) is 1. The third kappa shape index (κ3) is 3.65. The molecule has 0 unspecified atom stereocenters. The Balaban J connectivity index is 1.78. The van der Waals surface area contributed by atoms with E-state index >= 15 is 0 Å². The van der Waals surface area contributed by atoms with Crippen LogP contribution >= 0.6 is 0 Å². The summed E-state index contributed by atoms with van der Waals surface area (Å²) < 4.78 is 14.4. The van der Waals surface area contributed by atoms with Crippen molar-refractivity contribution in [3.05, 3.63) is 78.4 Å². The number of benzene rings is 2. The highest BCUT2D eigenvalue weighted by Gasteiger charge is 2.29. The zero-order valence-corrected chi connectivity index (χ0v) is 13.5. The van der Waals surface area contributed by atoms with Gasteiger partial charge in [0.15, 0.2) is 5.92 Å². The summed E-state index contributed by atoms with van der Waals surface area (Å²) in [4.78, 5) is 24.7. The molecule has 1 N–H and O–H groups in total. The SMILES string of the molecule is N#C[C@H](C(=O)Nc1ccccc1)C(=O)c1ccn(-c2ccc(F)cc2)n1. The highest BCUT2D eigenvalue weighted by Crippen LogP contribution is 2.14. The Hall–Kier alpha value is -3.79. The topological polar surface area (TPSA) is 87.8 Å². The van der Waals surface area contributed by atoms with Gasteiger partial charge in [-0.25, -0.2) is 9.07 Å². The molecule has 0 bridgehead atoms. The second-order valence-electron chi connectivity index (χ2n) is 5.40. The fourth-order valence-electron chi connectivity index (χ4n) is 2.31. The van der Waals surface area contributed by atoms with Gasteiger partial charge in [-0.3, -0.25) is 9.59 Å². The molecule has 3 aromatic rings. The zero-order chi connectivity index (χ0) is 18.5. The lowest BCUT2D eigenvalue weighted by Gasteiger charge is -2.08. The molecular formula is C19H13FN4O2. The maximum absolute atomic E-state index is 13.0. The van der Waals surface area contributed by atoms with E-state index in [4.69, 9.17) is 0 Å². The van der Waals surface area contributed by atoms with Gasteiger partial charge in [0.2, 0.25) is 11.7 Å². The number of anilines is 1. The second-order valence-corrected chi connectivity index (χ2v) is 5.40. The van der Waals surface area contributed by atoms with Crippen LogP contribution in [0.5, 0.6) is 0 Å². The number of carbonyl (C=O) groups is 2. The molecule has 7 heteroatoms. The third-order valence-corrected chi connectivity index (χ3v) is 3.63. The number of carbonyl (C=O) groups excluding carboxylic acids is 2. The molecule has 0 saturated carbocycles. The van der Waals surface area contributed by atoms with Crippen LogP contribution in [0.1, 0.15) is 10.5 Å². The maximum atomic E-state index is 13.0. The van der Waals surface area contributed by atoms with Crippen molar-refractivity contribution < 1.29 is 14.0 Å². The third-order valence-electron chi connectivity index (χ3n) is 3.63. The highest BCUT2D eigenvalue weighted by molar-refractivity contribution is 6.14. The molecule has 0 fully saturated rings. The molecule has 0 aliphatic rings. The Morgan fingerprint density at radius 3 is 2.42 bits per heavy atom. The van der Waals surface area contributed by atoms with Crippen molar-refractivity contribution in [2.45, 2.75) is 0 Å². The highest BCUT2D eigenvalue weighted by atomic mass is 19.1. The van der Waals surface area contributed by atoms with E-state index in [1.165, 1.54) is 41.2 Å². The van der Waals surface area contributed by atoms with E-state index < -0.39 is 17.6 Å². The van der Waals surface area contributed by atoms with E-state index in [0.29, 0.717) is 11.4 Å². The summed E-state index contributed by atoms with van der Waals surface area (Å²) >= 11 is 0. The summed E-state index contributed by atoms with van der Waals surface area (Å²) in [5, 5.41) is 15.9. The molecule has 1 atom stereocenters. The van der Waals surface area contributed by atoms with E-state index in [-0.39, 0.29) is 11.5 Å². The molecule has 6 nitrogen and oxygen atoms in total. The normalized spacial score (nSPS) is 11.4. The summed E-state index contributed by atoms with van der Waals surface area (Å²) in [6.07, 6.45) is 1.50. The van der Waals surface area contributed by atoms with Crippen molar-refractivity contribution in [2.24, 2.45) is 5.92 Å². The first-order chi connectivity index (χ1) is 12.6. The predicted molar refractivity (Wildman–Crippen MR) is 92.0 cm³/mol. The molecule has 0 aliphatic carbocycles. The molecule has 1 amide bonds. The van der Waals surface area contributed by atoms with Crippen molar-refractivity contribution in [1.82, 2.24) is 9.78 Å². The molecule has 0 aliphatic heterocycles. The first kappa shape index (κ1) is 17.0. The van der Waals surface area contributed by atoms with E-state index in [0.717, 1.165) is 0 Å². The van der Waals surface area contributed by atoms with Crippen LogP contribution in [0.25, 0.3) is 5.69 Å². The van der Waals surface area contributed by atoms with Crippen molar-refractivity contribution in [3.63, 3.8) is 0 Å². The number of nitrogens with zero attached hydrogens (tertiary/aromatic N) is 3. The first-order valence-electron chi connectivity index (χ1n) is 7.70. The number of nitriles is 1. The summed E-state index contributed by atoms with van der Waals surface area (Å²) in [5.41, 5.74) is 1.01. The predicted octanol–water partition coefficient (Wildman–Crippen LogP) is 2.97. The minimum Gasteiger partial charge on any atom is -0.325 e. The molecule has 128 valence electrons. The van der Waals surface area contributed by atoms with E-state index in [9.17, 15) is 19.2 Å². The van der Waals surface area contributed by atoms with Crippen LogP contribution in [0.15, 0.2) is 66.9 Å². The minimum absolute atomic E-state index is 0.0240. The largest absolute Gasteiger partial charge is 0.325 e. The Kier molecular flexibility index (Phi) is 4.85. The molecule has 2 aromatic carbocycles. The Labute approximate surface area is 148 Å². The lowest BCUT2D eigenvalue weighted by Crippen LogP contribution is -2.29. The van der Waals surface area contributed by atoms with Gasteiger partial charge in [-0.15, -0.1) is 0 Å². The molecule has 0 radical (unpaired) electrons. The van der Waals surface area contributed by atoms with Crippen LogP contribution in [-0.4, -0.2) is 21.5 Å². The number of amides is 1. The van der Waals surface area contributed by atoms with Gasteiger partial charge in [-0.1, -0.05) is 18.2 Å². The lowest BCUT2D eigenvalue weighted by molar-refractivity contribution is -0.117. The summed E-state index contributed by atoms with van der Waals surface area (Å²) in [6, 6.07) is 17.2. The monoisotopic (exact) mass is 348 g/mol. The lowest BCUT2D eigenvalue weighted by atomic mass is 10.0. The zero-order valence-electron chi connectivity index (χ0n) is 13.5. The smallest absolute Gasteiger partial charge is 0.249 e. The van der Waals surface area contributed by atoms with E-state index in [1.807, 2.05) is 0 Å². The number of rotatable bonds is 5. The Morgan fingerprint density at radius 1 is 1.08 bits per heavy atom. The number of nitrogens with one attached hydrogen (secondary N) is 1. The second kappa shape index (κ2) is 7.40. The van der Waals surface area contributed by atoms with E-state index in [2.05, 4.69) is 10.4 Å². The molecule has 1 aromatic heterocycles. The Morgan fingerprint density at radius 2 is 1.77 bits per heavy atom. The number of Topliss-reactive ketones (excluding diaryl/α,β-unsaturated/α-hetero) is 1. The molecule has 3 rings (SSSR count). The van der Waals surface area contributed by atoms with Gasteiger partial charge in [0.25, 0.3) is 0 Å². The molecule has 0 spiro atoms. The van der Waals surface area contributed by atoms with Crippen LogP contribution in [0, 0.1) is 23.1 Å². The average Bonchev–Trinajstić information content (AvgIpc) is 3.14. The van der Waals surface area contributed by atoms with Crippen molar-refractivity contribution in [2.75, 3.05) is 5.32 Å². The fourth-order valence-corrected chi connectivity index (χ4v) is 2.31. The Bertz CT molecular complexity index is 975. The van der Waals surface area contributed by atoms with Gasteiger partial charge in [-0.05, 0) is 42.5 Å². The average molecular weight is 348 g/mol. The number of halogens is 1. The standard InChI is InChI=1S/C19H13FN4O2/c20-13-6-8-15(9-7-13)24-11-10-17(23-24)18(25)16(12-21)19(26)22-14-4-2-1-3-5-14/h1-11,16H,(H,22,26)/t16-/m0/s1. The quantitative estimate of drug-likeness (QED) is 0.567. The van der Waals surface area contributed by atoms with Gasteiger partial charge < -0.3 is 5.32 Å². The first-order valence-corrected chi connectivity index (χ1v) is 7.70. The van der Waals surface area contributed by atoms with Crippen molar-refractivity contribution >= 4 is 17.4 Å². The van der Waals surface area contributed by atoms with Crippen LogP contribution in [0.3, 0.4) is 0 Å². The molecular weight excluding hydrogens is 335 g/mol. The molecule has 0 saturated heterocycles. The van der Waals surface area contributed by atoms with Gasteiger partial charge in [0.1, 0.15) is 11.5 Å². The summed E-state index contributed by atoms with van der Waals surface area (Å²) in [5.74, 6) is -3.34. The van der Waals surface area contributed by atoms with Crippen LogP contribution < -0.4 is 5.32 Å². The van der Waals surface area contributed by atoms with Gasteiger partial charge >= 0.3 is 0 Å². The van der Waals surface area contributed by atoms with Gasteiger partial charge in [-0.2, -0.15) is 10.4 Å². The summed E-state index contributed by atoms with van der Waals surface area (Å²) in [7, 11) is 0. The van der Waals surface area contributed by atoms with Crippen LogP contribution in [0.2, 0.25) is 0 Å². The van der Waals surface area contributed by atoms with Gasteiger partial charge in [0.05, 0.1) is 11.8 Å². The van der Waals surface area contributed by atoms with Crippen molar-refractivity contribution in [3.8, 4) is 11.8 Å². The van der Waals surface area contributed by atoms with E-state index in [1.54, 1.807) is 36.4 Å². The molecule has 1 heterocycles. The number of ketones is 1. The maximum Gasteiger partial charge on any atom is 0.249 e. The number of para-hydroxylation sites is 1. The van der Waals surface area contributed by atoms with Gasteiger partial charge in [0, 0.05) is 11.9 Å². The fraction of sp³-hybridized carbons (Fsp3) is 0.0526. The number of aromatic nitrogens is 2. The molecule has 26 heavy (non-hydrogen) atoms.